The number of benzene rings is 2. The Kier molecular flexibility index (Phi) is 6.70. The SMILES string of the molecule is CC1=C(c2nc(-c3ccc4c(c3)OCO4)no2)C(c2ccccc2)NC(=S)N1CCCOC(C)C. The molecule has 1 aromatic heterocycles. The molecule has 0 aliphatic carbocycles. The van der Waals surface area contributed by atoms with Crippen LogP contribution < -0.4 is 14.8 Å². The Morgan fingerprint density at radius 2 is 1.94 bits per heavy atom. The van der Waals surface area contributed by atoms with Crippen LogP contribution >= 0.6 is 12.2 Å². The topological polar surface area (TPSA) is 81.9 Å². The summed E-state index contributed by atoms with van der Waals surface area (Å²) in [6.07, 6.45) is 1.04. The Balaban J connectivity index is 1.49. The number of ether oxygens (including phenoxy) is 3. The summed E-state index contributed by atoms with van der Waals surface area (Å²) < 4.78 is 22.5. The maximum Gasteiger partial charge on any atom is 0.258 e. The minimum Gasteiger partial charge on any atom is -0.454 e. The first-order valence-electron chi connectivity index (χ1n) is 11.7. The molecule has 5 rings (SSSR count). The van der Waals surface area contributed by atoms with Crippen molar-refractivity contribution in [3.63, 3.8) is 0 Å². The molecule has 0 amide bonds. The standard InChI is InChI=1S/C26H28N4O4S/c1-16(2)31-13-7-12-30-17(3)22(23(27-26(30)35)18-8-5-4-6-9-18)25-28-24(29-34-25)19-10-11-20-21(14-19)33-15-32-20/h4-6,8-11,14,16,23H,7,12-13,15H2,1-3H3,(H,27,35). The molecule has 8 nitrogen and oxygen atoms in total. The predicted molar refractivity (Wildman–Crippen MR) is 136 cm³/mol. The van der Waals surface area contributed by atoms with Crippen LogP contribution in [-0.2, 0) is 4.74 Å². The minimum absolute atomic E-state index is 0.198. The van der Waals surface area contributed by atoms with Gasteiger partial charge in [-0.3, -0.25) is 0 Å². The second-order valence-corrected chi connectivity index (χ2v) is 9.09. The Hall–Kier alpha value is -3.43. The molecule has 0 spiro atoms. The molecule has 0 fully saturated rings. The molecule has 0 saturated heterocycles. The number of hydrogen-bond donors (Lipinski definition) is 1. The Labute approximate surface area is 209 Å². The van der Waals surface area contributed by atoms with Crippen LogP contribution in [0.5, 0.6) is 11.5 Å². The van der Waals surface area contributed by atoms with E-state index in [-0.39, 0.29) is 18.9 Å². The van der Waals surface area contributed by atoms with E-state index in [2.05, 4.69) is 27.5 Å². The van der Waals surface area contributed by atoms with Crippen LogP contribution in [0.2, 0.25) is 0 Å². The Bertz CT molecular complexity index is 1240. The second-order valence-electron chi connectivity index (χ2n) is 8.71. The van der Waals surface area contributed by atoms with Gasteiger partial charge in [0.2, 0.25) is 12.6 Å². The van der Waals surface area contributed by atoms with Crippen LogP contribution in [0.25, 0.3) is 17.0 Å². The lowest BCUT2D eigenvalue weighted by atomic mass is 9.95. The number of allylic oxidation sites excluding steroid dienone is 1. The predicted octanol–water partition coefficient (Wildman–Crippen LogP) is 4.94. The van der Waals surface area contributed by atoms with E-state index in [0.717, 1.165) is 35.4 Å². The third kappa shape index (κ3) is 4.87. The molecule has 1 N–H and O–H groups in total. The van der Waals surface area contributed by atoms with Crippen molar-refractivity contribution in [2.45, 2.75) is 39.3 Å². The van der Waals surface area contributed by atoms with Crippen LogP contribution in [-0.4, -0.2) is 46.2 Å². The van der Waals surface area contributed by atoms with Gasteiger partial charge in [0.05, 0.1) is 17.7 Å². The first-order valence-corrected chi connectivity index (χ1v) is 12.1. The Morgan fingerprint density at radius 1 is 1.14 bits per heavy atom. The summed E-state index contributed by atoms with van der Waals surface area (Å²) in [5.74, 6) is 2.31. The number of rotatable bonds is 8. The number of fused-ring (bicyclic) bond motifs is 1. The van der Waals surface area contributed by atoms with E-state index >= 15 is 0 Å². The smallest absolute Gasteiger partial charge is 0.258 e. The van der Waals surface area contributed by atoms with Gasteiger partial charge in [-0.25, -0.2) is 0 Å². The highest BCUT2D eigenvalue weighted by Gasteiger charge is 2.34. The van der Waals surface area contributed by atoms with E-state index in [1.54, 1.807) is 0 Å². The molecule has 35 heavy (non-hydrogen) atoms. The molecule has 0 saturated carbocycles. The van der Waals surface area contributed by atoms with Gasteiger partial charge in [0.25, 0.3) is 5.89 Å². The summed E-state index contributed by atoms with van der Waals surface area (Å²) in [5, 5.41) is 8.43. The fourth-order valence-corrected chi connectivity index (χ4v) is 4.60. The van der Waals surface area contributed by atoms with Crippen LogP contribution in [0.3, 0.4) is 0 Å². The lowest BCUT2D eigenvalue weighted by Gasteiger charge is -2.37. The van der Waals surface area contributed by atoms with E-state index in [9.17, 15) is 0 Å². The molecule has 0 bridgehead atoms. The maximum atomic E-state index is 5.82. The van der Waals surface area contributed by atoms with Gasteiger partial charge in [-0.05, 0) is 63.2 Å². The van der Waals surface area contributed by atoms with Crippen molar-refractivity contribution in [2.75, 3.05) is 19.9 Å². The van der Waals surface area contributed by atoms with Crippen LogP contribution in [0.15, 0.2) is 58.8 Å². The van der Waals surface area contributed by atoms with Crippen molar-refractivity contribution in [3.05, 3.63) is 65.7 Å². The summed E-state index contributed by atoms with van der Waals surface area (Å²) in [6, 6.07) is 15.5. The molecule has 1 atom stereocenters. The molecule has 0 radical (unpaired) electrons. The van der Waals surface area contributed by atoms with Crippen molar-refractivity contribution < 1.29 is 18.7 Å². The lowest BCUT2D eigenvalue weighted by molar-refractivity contribution is 0.0749. The number of hydrogen-bond acceptors (Lipinski definition) is 7. The summed E-state index contributed by atoms with van der Waals surface area (Å²) in [4.78, 5) is 6.85. The van der Waals surface area contributed by atoms with Crippen molar-refractivity contribution in [2.24, 2.45) is 0 Å². The molecular weight excluding hydrogens is 464 g/mol. The molecule has 2 aliphatic rings. The molecular formula is C26H28N4O4S. The zero-order chi connectivity index (χ0) is 24.4. The summed E-state index contributed by atoms with van der Waals surface area (Å²) in [5.41, 5.74) is 3.73. The molecule has 1 unspecified atom stereocenters. The van der Waals surface area contributed by atoms with Crippen molar-refractivity contribution in [1.82, 2.24) is 20.4 Å². The summed E-state index contributed by atoms with van der Waals surface area (Å²) in [6.45, 7) is 7.72. The first-order chi connectivity index (χ1) is 17.0. The van der Waals surface area contributed by atoms with Crippen molar-refractivity contribution in [1.29, 1.82) is 0 Å². The van der Waals surface area contributed by atoms with Crippen molar-refractivity contribution in [3.8, 4) is 22.9 Å². The number of nitrogens with one attached hydrogen (secondary N) is 1. The minimum atomic E-state index is -0.211. The largest absolute Gasteiger partial charge is 0.454 e. The molecule has 2 aromatic carbocycles. The first kappa shape index (κ1) is 23.3. The van der Waals surface area contributed by atoms with E-state index in [0.29, 0.717) is 34.9 Å². The van der Waals surface area contributed by atoms with Gasteiger partial charge in [-0.15, -0.1) is 0 Å². The van der Waals surface area contributed by atoms with Gasteiger partial charge in [0, 0.05) is 24.4 Å². The molecule has 2 aliphatic heterocycles. The zero-order valence-corrected chi connectivity index (χ0v) is 20.8. The third-order valence-corrected chi connectivity index (χ3v) is 6.33. The van der Waals surface area contributed by atoms with Gasteiger partial charge in [0.1, 0.15) is 0 Å². The van der Waals surface area contributed by atoms with Gasteiger partial charge < -0.3 is 29.0 Å². The number of aromatic nitrogens is 2. The quantitative estimate of drug-likeness (QED) is 0.347. The summed E-state index contributed by atoms with van der Waals surface area (Å²) in [7, 11) is 0. The molecule has 3 heterocycles. The molecule has 3 aromatic rings. The second kappa shape index (κ2) is 10.1. The van der Waals surface area contributed by atoms with E-state index in [1.807, 2.05) is 57.2 Å². The monoisotopic (exact) mass is 492 g/mol. The van der Waals surface area contributed by atoms with Crippen LogP contribution in [0, 0.1) is 0 Å². The number of thiocarbonyl (C=S) groups is 1. The maximum absolute atomic E-state index is 5.82. The Morgan fingerprint density at radius 3 is 2.74 bits per heavy atom. The van der Waals surface area contributed by atoms with E-state index in [1.165, 1.54) is 0 Å². The van der Waals surface area contributed by atoms with E-state index < -0.39 is 0 Å². The fraction of sp³-hybridized carbons (Fsp3) is 0.346. The average molecular weight is 493 g/mol. The molecule has 182 valence electrons. The van der Waals surface area contributed by atoms with Gasteiger partial charge in [-0.1, -0.05) is 35.5 Å². The number of nitrogens with zero attached hydrogens (tertiary/aromatic N) is 3. The van der Waals surface area contributed by atoms with Gasteiger partial charge >= 0.3 is 0 Å². The fourth-order valence-electron chi connectivity index (χ4n) is 4.25. The lowest BCUT2D eigenvalue weighted by Crippen LogP contribution is -2.46. The summed E-state index contributed by atoms with van der Waals surface area (Å²) >= 11 is 5.76. The highest BCUT2D eigenvalue weighted by atomic mass is 32.1. The van der Waals surface area contributed by atoms with Gasteiger partial charge in [0.15, 0.2) is 16.6 Å². The van der Waals surface area contributed by atoms with Crippen LogP contribution in [0.1, 0.15) is 44.7 Å². The third-order valence-electron chi connectivity index (χ3n) is 5.99. The highest BCUT2D eigenvalue weighted by Crippen LogP contribution is 2.39. The highest BCUT2D eigenvalue weighted by molar-refractivity contribution is 7.80. The van der Waals surface area contributed by atoms with E-state index in [4.69, 9.17) is 35.9 Å². The normalized spacial score (nSPS) is 17.3. The van der Waals surface area contributed by atoms with Crippen LogP contribution in [0.4, 0.5) is 0 Å². The average Bonchev–Trinajstić information content (AvgIpc) is 3.53. The van der Waals surface area contributed by atoms with Crippen molar-refractivity contribution >= 4 is 22.9 Å². The van der Waals surface area contributed by atoms with Gasteiger partial charge in [-0.2, -0.15) is 4.98 Å². The molecule has 9 heteroatoms. The zero-order valence-electron chi connectivity index (χ0n) is 20.0.